The molecule has 0 bridgehead atoms. The first kappa shape index (κ1) is 24.9. The number of carbonyl (C=O) groups excluding carboxylic acids is 1. The van der Waals surface area contributed by atoms with Crippen LogP contribution in [0.1, 0.15) is 17.7 Å². The lowest BCUT2D eigenvalue weighted by Gasteiger charge is -2.29. The number of benzene rings is 3. The van der Waals surface area contributed by atoms with Crippen molar-refractivity contribution in [2.75, 3.05) is 17.2 Å². The molecule has 9 heteroatoms. The van der Waals surface area contributed by atoms with Gasteiger partial charge in [-0.15, -0.1) is 0 Å². The van der Waals surface area contributed by atoms with Gasteiger partial charge in [0.25, 0.3) is 11.1 Å². The van der Waals surface area contributed by atoms with Crippen molar-refractivity contribution >= 4 is 34.3 Å². The van der Waals surface area contributed by atoms with Gasteiger partial charge in [-0.1, -0.05) is 60.3 Å². The van der Waals surface area contributed by atoms with Crippen molar-refractivity contribution in [3.05, 3.63) is 111 Å². The second-order valence-corrected chi connectivity index (χ2v) is 10.5. The molecule has 0 aliphatic carbocycles. The molecule has 0 spiro atoms. The molecular weight excluding hydrogens is 510 g/mol. The molecule has 8 nitrogen and oxygen atoms in total. The van der Waals surface area contributed by atoms with E-state index in [1.165, 1.54) is 21.0 Å². The molecule has 1 aliphatic heterocycles. The Bertz CT molecular complexity index is 1840. The Morgan fingerprint density at radius 2 is 1.64 bits per heavy atom. The first-order valence-electron chi connectivity index (χ1n) is 12.8. The van der Waals surface area contributed by atoms with Gasteiger partial charge in [0, 0.05) is 19.3 Å². The Labute approximate surface area is 229 Å². The maximum Gasteiger partial charge on any atom is 0.296 e. The van der Waals surface area contributed by atoms with Crippen LogP contribution >= 0.6 is 11.8 Å². The molecule has 5 aromatic rings. The van der Waals surface area contributed by atoms with E-state index in [0.29, 0.717) is 34.0 Å². The van der Waals surface area contributed by atoms with Gasteiger partial charge in [-0.05, 0) is 55.7 Å². The van der Waals surface area contributed by atoms with E-state index in [-0.39, 0.29) is 28.5 Å². The standard InChI is InChI=1S/C30H27N5O3S/c1-20-27(29(38)35(32(20)2)22-13-4-3-5-14-22)34-28(37)23-15-7-8-16-24(23)31-30(34)39-19-26(36)33-18-10-12-21-11-6-9-17-25(21)33/h3-9,11,13-17H,10,12,18-19H2,1-2H3. The topological polar surface area (TPSA) is 82.1 Å². The Morgan fingerprint density at radius 1 is 0.923 bits per heavy atom. The summed E-state index contributed by atoms with van der Waals surface area (Å²) in [6, 6.07) is 24.3. The molecule has 2 aromatic heterocycles. The molecule has 6 rings (SSSR count). The number of para-hydroxylation sites is 3. The molecule has 1 amide bonds. The van der Waals surface area contributed by atoms with E-state index >= 15 is 0 Å². The number of carbonyl (C=O) groups is 1. The fraction of sp³-hybridized carbons (Fsp3) is 0.200. The highest BCUT2D eigenvalue weighted by Crippen LogP contribution is 2.29. The molecule has 3 heterocycles. The normalized spacial score (nSPS) is 13.0. The first-order valence-corrected chi connectivity index (χ1v) is 13.8. The minimum absolute atomic E-state index is 0.0624. The van der Waals surface area contributed by atoms with E-state index in [1.54, 1.807) is 29.9 Å². The molecule has 0 unspecified atom stereocenters. The summed E-state index contributed by atoms with van der Waals surface area (Å²) in [6.07, 6.45) is 1.84. The highest BCUT2D eigenvalue weighted by Gasteiger charge is 2.26. The van der Waals surface area contributed by atoms with Gasteiger partial charge in [0.2, 0.25) is 5.91 Å². The van der Waals surface area contributed by atoms with Gasteiger partial charge in [0.05, 0.1) is 28.0 Å². The van der Waals surface area contributed by atoms with E-state index in [2.05, 4.69) is 6.07 Å². The summed E-state index contributed by atoms with van der Waals surface area (Å²) >= 11 is 1.18. The zero-order valence-corrected chi connectivity index (χ0v) is 22.5. The lowest BCUT2D eigenvalue weighted by Crippen LogP contribution is -2.37. The molecule has 196 valence electrons. The molecule has 0 atom stereocenters. The van der Waals surface area contributed by atoms with Gasteiger partial charge in [0.1, 0.15) is 5.69 Å². The maximum atomic E-state index is 13.9. The number of anilines is 1. The van der Waals surface area contributed by atoms with Gasteiger partial charge in [-0.25, -0.2) is 14.2 Å². The predicted octanol–water partition coefficient (Wildman–Crippen LogP) is 4.26. The molecule has 39 heavy (non-hydrogen) atoms. The highest BCUT2D eigenvalue weighted by atomic mass is 32.2. The van der Waals surface area contributed by atoms with Crippen molar-refractivity contribution in [1.29, 1.82) is 0 Å². The van der Waals surface area contributed by atoms with E-state index in [4.69, 9.17) is 4.98 Å². The zero-order valence-electron chi connectivity index (χ0n) is 21.7. The van der Waals surface area contributed by atoms with Crippen molar-refractivity contribution in [2.45, 2.75) is 24.9 Å². The van der Waals surface area contributed by atoms with E-state index in [1.807, 2.05) is 66.4 Å². The van der Waals surface area contributed by atoms with Crippen LogP contribution in [0.25, 0.3) is 22.3 Å². The zero-order chi connectivity index (χ0) is 27.1. The highest BCUT2D eigenvalue weighted by molar-refractivity contribution is 7.99. The van der Waals surface area contributed by atoms with Crippen molar-refractivity contribution in [3.63, 3.8) is 0 Å². The molecule has 0 saturated carbocycles. The Morgan fingerprint density at radius 3 is 2.46 bits per heavy atom. The molecule has 0 saturated heterocycles. The third-order valence-electron chi connectivity index (χ3n) is 7.23. The van der Waals surface area contributed by atoms with Crippen molar-refractivity contribution in [2.24, 2.45) is 7.05 Å². The molecule has 0 fully saturated rings. The molecule has 3 aromatic carbocycles. The number of hydrogen-bond donors (Lipinski definition) is 0. The Balaban J connectivity index is 1.45. The number of aromatic nitrogens is 4. The number of hydrogen-bond acceptors (Lipinski definition) is 5. The second-order valence-electron chi connectivity index (χ2n) is 9.53. The van der Waals surface area contributed by atoms with Crippen LogP contribution in [-0.2, 0) is 18.3 Å². The summed E-state index contributed by atoms with van der Waals surface area (Å²) in [4.78, 5) is 47.7. The van der Waals surface area contributed by atoms with Crippen molar-refractivity contribution < 1.29 is 4.79 Å². The van der Waals surface area contributed by atoms with Crippen LogP contribution < -0.4 is 16.0 Å². The van der Waals surface area contributed by atoms with Gasteiger partial charge in [-0.3, -0.25) is 19.1 Å². The molecular formula is C30H27N5O3S. The van der Waals surface area contributed by atoms with Crippen LogP contribution in [0.15, 0.2) is 93.6 Å². The third-order valence-corrected chi connectivity index (χ3v) is 8.15. The SMILES string of the molecule is Cc1c(-n2c(SCC(=O)N3CCCc4ccccc43)nc3ccccc3c2=O)c(=O)n(-c2ccccc2)n1C. The van der Waals surface area contributed by atoms with Gasteiger partial charge in [0.15, 0.2) is 5.16 Å². The van der Waals surface area contributed by atoms with Crippen LogP contribution in [0, 0.1) is 6.92 Å². The summed E-state index contributed by atoms with van der Waals surface area (Å²) in [5.74, 6) is 0.0188. The van der Waals surface area contributed by atoms with Crippen LogP contribution in [0.2, 0.25) is 0 Å². The average molecular weight is 538 g/mol. The monoisotopic (exact) mass is 537 g/mol. The van der Waals surface area contributed by atoms with E-state index in [0.717, 1.165) is 24.1 Å². The third kappa shape index (κ3) is 4.28. The lowest BCUT2D eigenvalue weighted by molar-refractivity contribution is -0.116. The first-order chi connectivity index (χ1) is 19.0. The number of fused-ring (bicyclic) bond motifs is 2. The number of thioether (sulfide) groups is 1. The summed E-state index contributed by atoms with van der Waals surface area (Å²) in [7, 11) is 1.79. The average Bonchev–Trinajstić information content (AvgIpc) is 3.19. The van der Waals surface area contributed by atoms with Crippen molar-refractivity contribution in [3.8, 4) is 11.4 Å². The number of nitrogens with zero attached hydrogens (tertiary/aromatic N) is 5. The smallest absolute Gasteiger partial charge is 0.296 e. The maximum absolute atomic E-state index is 13.9. The van der Waals surface area contributed by atoms with Crippen molar-refractivity contribution in [1.82, 2.24) is 18.9 Å². The molecule has 0 radical (unpaired) electrons. The summed E-state index contributed by atoms with van der Waals surface area (Å²) in [5.41, 5.74) is 3.46. The van der Waals surface area contributed by atoms with Gasteiger partial charge in [-0.2, -0.15) is 0 Å². The minimum Gasteiger partial charge on any atom is -0.311 e. The quantitative estimate of drug-likeness (QED) is 0.247. The van der Waals surface area contributed by atoms with Crippen LogP contribution in [0.5, 0.6) is 0 Å². The minimum atomic E-state index is -0.343. The van der Waals surface area contributed by atoms with Crippen LogP contribution in [0.4, 0.5) is 5.69 Å². The van der Waals surface area contributed by atoms with Gasteiger partial charge < -0.3 is 4.90 Å². The van der Waals surface area contributed by atoms with Crippen LogP contribution in [-0.4, -0.2) is 37.1 Å². The summed E-state index contributed by atoms with van der Waals surface area (Å²) < 4.78 is 4.65. The predicted molar refractivity (Wildman–Crippen MR) is 154 cm³/mol. The second kappa shape index (κ2) is 10.1. The Kier molecular flexibility index (Phi) is 6.44. The number of aryl methyl sites for hydroxylation is 1. The number of amides is 1. The largest absolute Gasteiger partial charge is 0.311 e. The fourth-order valence-corrected chi connectivity index (χ4v) is 6.09. The lowest BCUT2D eigenvalue weighted by atomic mass is 10.0. The van der Waals surface area contributed by atoms with Gasteiger partial charge >= 0.3 is 0 Å². The van der Waals surface area contributed by atoms with E-state index in [9.17, 15) is 14.4 Å². The van der Waals surface area contributed by atoms with E-state index < -0.39 is 0 Å². The number of rotatable bonds is 5. The molecule has 0 N–H and O–H groups in total. The molecule has 1 aliphatic rings. The Hall–Kier alpha value is -4.37. The van der Waals surface area contributed by atoms with Crippen LogP contribution in [0.3, 0.4) is 0 Å². The summed E-state index contributed by atoms with van der Waals surface area (Å²) in [5, 5.41) is 0.718. The summed E-state index contributed by atoms with van der Waals surface area (Å²) in [6.45, 7) is 2.45. The fourth-order valence-electron chi connectivity index (χ4n) is 5.21.